The number of carboxylic acid groups (broad SMARTS) is 1. The fourth-order valence-corrected chi connectivity index (χ4v) is 2.69. The maximum Gasteiger partial charge on any atom is 0.332 e. The minimum absolute atomic E-state index is 0.00258. The summed E-state index contributed by atoms with van der Waals surface area (Å²) in [5.74, 6) is -0.851. The van der Waals surface area contributed by atoms with Gasteiger partial charge < -0.3 is 14.4 Å². The second kappa shape index (κ2) is 4.70. The van der Waals surface area contributed by atoms with Crippen molar-refractivity contribution in [2.45, 2.75) is 38.5 Å². The molecule has 2 atom stereocenters. The first-order valence-corrected chi connectivity index (χ1v) is 6.57. The maximum atomic E-state index is 10.9. The zero-order chi connectivity index (χ0) is 13.4. The Balaban J connectivity index is 1.79. The van der Waals surface area contributed by atoms with E-state index >= 15 is 0 Å². The standard InChI is InChI=1S/C15H17NO3/c1-10-2-3-11-6-7-16(13(11)8-10)9-12-4-5-14(19-12)15(17)18/h2-3,6-8,12,14H,4-5,9H2,1H3,(H,17,18). The SMILES string of the molecule is Cc1ccc2ccn(CC3CCC(C(=O)O)O3)c2c1. The number of aromatic nitrogens is 1. The molecule has 0 spiro atoms. The van der Waals surface area contributed by atoms with Crippen molar-refractivity contribution in [3.63, 3.8) is 0 Å². The van der Waals surface area contributed by atoms with Crippen LogP contribution in [0, 0.1) is 6.92 Å². The van der Waals surface area contributed by atoms with E-state index in [1.54, 1.807) is 0 Å². The Morgan fingerprint density at radius 3 is 3.00 bits per heavy atom. The van der Waals surface area contributed by atoms with Gasteiger partial charge in [0.15, 0.2) is 6.10 Å². The summed E-state index contributed by atoms with van der Waals surface area (Å²) in [5, 5.41) is 10.1. The molecule has 1 N–H and O–H groups in total. The van der Waals surface area contributed by atoms with Gasteiger partial charge in [-0.3, -0.25) is 0 Å². The van der Waals surface area contributed by atoms with Crippen molar-refractivity contribution < 1.29 is 14.6 Å². The van der Waals surface area contributed by atoms with Crippen molar-refractivity contribution in [2.75, 3.05) is 0 Å². The second-order valence-corrected chi connectivity index (χ2v) is 5.19. The molecular weight excluding hydrogens is 242 g/mol. The Morgan fingerprint density at radius 2 is 2.26 bits per heavy atom. The van der Waals surface area contributed by atoms with Crippen LogP contribution < -0.4 is 0 Å². The van der Waals surface area contributed by atoms with Gasteiger partial charge in [-0.25, -0.2) is 4.79 Å². The molecule has 1 fully saturated rings. The lowest BCUT2D eigenvalue weighted by molar-refractivity contribution is -0.149. The van der Waals surface area contributed by atoms with Crippen LogP contribution in [0.4, 0.5) is 0 Å². The summed E-state index contributed by atoms with van der Waals surface area (Å²) in [6.07, 6.45) is 2.83. The van der Waals surface area contributed by atoms with Gasteiger partial charge in [0, 0.05) is 18.3 Å². The van der Waals surface area contributed by atoms with E-state index < -0.39 is 12.1 Å². The first-order chi connectivity index (χ1) is 9.13. The molecule has 1 aliphatic rings. The number of benzene rings is 1. The van der Waals surface area contributed by atoms with Crippen molar-refractivity contribution in [1.29, 1.82) is 0 Å². The molecule has 0 saturated carbocycles. The summed E-state index contributed by atoms with van der Waals surface area (Å²) in [6, 6.07) is 8.44. The third kappa shape index (κ3) is 2.36. The van der Waals surface area contributed by atoms with E-state index in [1.807, 2.05) is 6.20 Å². The lowest BCUT2D eigenvalue weighted by Gasteiger charge is -2.13. The minimum Gasteiger partial charge on any atom is -0.479 e. The number of nitrogens with zero attached hydrogens (tertiary/aromatic N) is 1. The van der Waals surface area contributed by atoms with E-state index in [1.165, 1.54) is 16.5 Å². The zero-order valence-corrected chi connectivity index (χ0v) is 10.9. The number of aliphatic carboxylic acids is 1. The average Bonchev–Trinajstić information content (AvgIpc) is 2.98. The summed E-state index contributed by atoms with van der Waals surface area (Å²) < 4.78 is 7.70. The lowest BCUT2D eigenvalue weighted by atomic mass is 10.2. The molecule has 2 unspecified atom stereocenters. The number of hydrogen-bond donors (Lipinski definition) is 1. The Bertz CT molecular complexity index is 617. The van der Waals surface area contributed by atoms with Crippen LogP contribution in [0.5, 0.6) is 0 Å². The van der Waals surface area contributed by atoms with Crippen LogP contribution in [0.1, 0.15) is 18.4 Å². The fourth-order valence-electron chi connectivity index (χ4n) is 2.69. The molecule has 0 aliphatic carbocycles. The molecule has 4 heteroatoms. The van der Waals surface area contributed by atoms with E-state index in [0.29, 0.717) is 6.42 Å². The molecule has 100 valence electrons. The fraction of sp³-hybridized carbons (Fsp3) is 0.400. The van der Waals surface area contributed by atoms with Crippen molar-refractivity contribution in [3.05, 3.63) is 36.0 Å². The van der Waals surface area contributed by atoms with Crippen LogP contribution in [0.3, 0.4) is 0 Å². The largest absolute Gasteiger partial charge is 0.479 e. The van der Waals surface area contributed by atoms with Crippen LogP contribution in [0.25, 0.3) is 10.9 Å². The highest BCUT2D eigenvalue weighted by Crippen LogP contribution is 2.24. The number of carbonyl (C=O) groups is 1. The summed E-state index contributed by atoms with van der Waals surface area (Å²) >= 11 is 0. The van der Waals surface area contributed by atoms with Crippen LogP contribution in [0.2, 0.25) is 0 Å². The summed E-state index contributed by atoms with van der Waals surface area (Å²) in [6.45, 7) is 2.79. The predicted molar refractivity (Wildman–Crippen MR) is 72.2 cm³/mol. The van der Waals surface area contributed by atoms with Gasteiger partial charge in [0.2, 0.25) is 0 Å². The smallest absolute Gasteiger partial charge is 0.332 e. The van der Waals surface area contributed by atoms with Gasteiger partial charge in [0.05, 0.1) is 6.10 Å². The Kier molecular flexibility index (Phi) is 3.03. The normalized spacial score (nSPS) is 23.0. The molecule has 0 radical (unpaired) electrons. The molecule has 1 aromatic heterocycles. The molecule has 1 aliphatic heterocycles. The molecule has 2 heterocycles. The average molecular weight is 259 g/mol. The third-order valence-electron chi connectivity index (χ3n) is 3.71. The molecule has 4 nitrogen and oxygen atoms in total. The van der Waals surface area contributed by atoms with Gasteiger partial charge in [-0.1, -0.05) is 12.1 Å². The molecular formula is C15H17NO3. The Morgan fingerprint density at radius 1 is 1.42 bits per heavy atom. The first kappa shape index (κ1) is 12.2. The minimum atomic E-state index is -0.851. The highest BCUT2D eigenvalue weighted by Gasteiger charge is 2.30. The molecule has 0 amide bonds. The summed E-state index contributed by atoms with van der Waals surface area (Å²) in [7, 11) is 0. The van der Waals surface area contributed by atoms with E-state index in [2.05, 4.69) is 35.8 Å². The highest BCUT2D eigenvalue weighted by molar-refractivity contribution is 5.80. The van der Waals surface area contributed by atoms with E-state index in [4.69, 9.17) is 9.84 Å². The van der Waals surface area contributed by atoms with Gasteiger partial charge >= 0.3 is 5.97 Å². The van der Waals surface area contributed by atoms with E-state index in [0.717, 1.165) is 13.0 Å². The predicted octanol–water partition coefficient (Wildman–Crippen LogP) is 2.58. The number of fused-ring (bicyclic) bond motifs is 1. The highest BCUT2D eigenvalue weighted by atomic mass is 16.5. The molecule has 3 rings (SSSR count). The van der Waals surface area contributed by atoms with Crippen molar-refractivity contribution in [2.24, 2.45) is 0 Å². The van der Waals surface area contributed by atoms with Gasteiger partial charge in [-0.05, 0) is 42.8 Å². The van der Waals surface area contributed by atoms with Crippen LogP contribution >= 0.6 is 0 Å². The number of hydrogen-bond acceptors (Lipinski definition) is 2. The molecule has 1 saturated heterocycles. The molecule has 0 bridgehead atoms. The summed E-state index contributed by atoms with van der Waals surface area (Å²) in [5.41, 5.74) is 2.41. The third-order valence-corrected chi connectivity index (χ3v) is 3.71. The van der Waals surface area contributed by atoms with Gasteiger partial charge in [-0.2, -0.15) is 0 Å². The zero-order valence-electron chi connectivity index (χ0n) is 10.9. The first-order valence-electron chi connectivity index (χ1n) is 6.57. The van der Waals surface area contributed by atoms with Gasteiger partial charge in [0.1, 0.15) is 0 Å². The maximum absolute atomic E-state index is 10.9. The van der Waals surface area contributed by atoms with Gasteiger partial charge in [0.25, 0.3) is 0 Å². The lowest BCUT2D eigenvalue weighted by Crippen LogP contribution is -2.22. The second-order valence-electron chi connectivity index (χ2n) is 5.19. The van der Waals surface area contributed by atoms with Crippen molar-refractivity contribution in [1.82, 2.24) is 4.57 Å². The van der Waals surface area contributed by atoms with E-state index in [-0.39, 0.29) is 6.10 Å². The Labute approximate surface area is 111 Å². The van der Waals surface area contributed by atoms with Crippen molar-refractivity contribution in [3.8, 4) is 0 Å². The number of aryl methyl sites for hydroxylation is 1. The monoisotopic (exact) mass is 259 g/mol. The molecule has 1 aromatic carbocycles. The quantitative estimate of drug-likeness (QED) is 0.921. The Hall–Kier alpha value is -1.81. The van der Waals surface area contributed by atoms with Crippen LogP contribution in [0.15, 0.2) is 30.5 Å². The number of ether oxygens (including phenoxy) is 1. The van der Waals surface area contributed by atoms with Gasteiger partial charge in [-0.15, -0.1) is 0 Å². The number of rotatable bonds is 3. The van der Waals surface area contributed by atoms with Crippen molar-refractivity contribution >= 4 is 16.9 Å². The summed E-state index contributed by atoms with van der Waals surface area (Å²) in [4.78, 5) is 10.9. The molecule has 2 aromatic rings. The van der Waals surface area contributed by atoms with Crippen LogP contribution in [-0.2, 0) is 16.1 Å². The molecule has 19 heavy (non-hydrogen) atoms. The number of carboxylic acids is 1. The van der Waals surface area contributed by atoms with E-state index in [9.17, 15) is 4.79 Å². The topological polar surface area (TPSA) is 51.5 Å². The van der Waals surface area contributed by atoms with Crippen LogP contribution in [-0.4, -0.2) is 27.9 Å².